The average Bonchev–Trinajstić information content (AvgIpc) is 2.84. The Labute approximate surface area is 113 Å². The molecule has 0 N–H and O–H groups in total. The maximum absolute atomic E-state index is 11.7. The predicted octanol–water partition coefficient (Wildman–Crippen LogP) is 2.05. The number of ether oxygens (including phenoxy) is 3. The fourth-order valence-electron chi connectivity index (χ4n) is 2.15. The van der Waals surface area contributed by atoms with Gasteiger partial charge in [0.1, 0.15) is 0 Å². The molecule has 1 heterocycles. The van der Waals surface area contributed by atoms with Gasteiger partial charge in [-0.15, -0.1) is 0 Å². The molecule has 0 radical (unpaired) electrons. The molecule has 0 saturated carbocycles. The number of esters is 1. The molecule has 0 aromatic heterocycles. The van der Waals surface area contributed by atoms with Crippen molar-refractivity contribution in [3.63, 3.8) is 0 Å². The largest absolute Gasteiger partial charge is 0.469 e. The summed E-state index contributed by atoms with van der Waals surface area (Å²) in [4.78, 5) is 13.7. The lowest BCUT2D eigenvalue weighted by atomic mass is 9.93. The Bertz CT molecular complexity index is 484. The molecule has 1 aliphatic heterocycles. The predicted molar refractivity (Wildman–Crippen MR) is 71.6 cm³/mol. The standard InChI is InChI=1S/C14H19NO4/c1-14(2,13(16)17-4)8-15(3)10-5-6-11-12(7-10)19-9-18-11/h5-7H,8-9H2,1-4H3. The van der Waals surface area contributed by atoms with Crippen molar-refractivity contribution >= 4 is 11.7 Å². The van der Waals surface area contributed by atoms with Gasteiger partial charge in [-0.2, -0.15) is 0 Å². The molecule has 0 bridgehead atoms. The molecule has 0 fully saturated rings. The van der Waals surface area contributed by atoms with E-state index in [0.717, 1.165) is 17.2 Å². The molecule has 0 spiro atoms. The van der Waals surface area contributed by atoms with Crippen LogP contribution < -0.4 is 14.4 Å². The SMILES string of the molecule is COC(=O)C(C)(C)CN(C)c1ccc2c(c1)OCO2. The quantitative estimate of drug-likeness (QED) is 0.780. The van der Waals surface area contributed by atoms with Crippen LogP contribution in [0.3, 0.4) is 0 Å². The summed E-state index contributed by atoms with van der Waals surface area (Å²) in [6, 6.07) is 5.73. The Balaban J connectivity index is 2.12. The summed E-state index contributed by atoms with van der Waals surface area (Å²) in [5.41, 5.74) is 0.404. The van der Waals surface area contributed by atoms with Crippen LogP contribution in [0.4, 0.5) is 5.69 Å². The van der Waals surface area contributed by atoms with Crippen molar-refractivity contribution in [2.45, 2.75) is 13.8 Å². The molecule has 0 unspecified atom stereocenters. The van der Waals surface area contributed by atoms with E-state index in [4.69, 9.17) is 14.2 Å². The van der Waals surface area contributed by atoms with Crippen LogP contribution in [0.5, 0.6) is 11.5 Å². The number of rotatable bonds is 4. The van der Waals surface area contributed by atoms with Crippen molar-refractivity contribution in [2.24, 2.45) is 5.41 Å². The monoisotopic (exact) mass is 265 g/mol. The van der Waals surface area contributed by atoms with Gasteiger partial charge in [0.25, 0.3) is 0 Å². The number of methoxy groups -OCH3 is 1. The molecular formula is C14H19NO4. The van der Waals surface area contributed by atoms with E-state index in [1.54, 1.807) is 0 Å². The number of benzene rings is 1. The van der Waals surface area contributed by atoms with Crippen molar-refractivity contribution in [1.29, 1.82) is 0 Å². The zero-order valence-corrected chi connectivity index (χ0v) is 11.7. The van der Waals surface area contributed by atoms with E-state index < -0.39 is 5.41 Å². The van der Waals surface area contributed by atoms with Crippen molar-refractivity contribution in [2.75, 3.05) is 32.4 Å². The third-order valence-corrected chi connectivity index (χ3v) is 3.17. The average molecular weight is 265 g/mol. The first-order valence-corrected chi connectivity index (χ1v) is 6.13. The van der Waals surface area contributed by atoms with E-state index in [9.17, 15) is 4.79 Å². The number of nitrogens with zero attached hydrogens (tertiary/aromatic N) is 1. The van der Waals surface area contributed by atoms with E-state index in [1.165, 1.54) is 7.11 Å². The van der Waals surface area contributed by atoms with Gasteiger partial charge in [0.15, 0.2) is 11.5 Å². The molecule has 0 aliphatic carbocycles. The third-order valence-electron chi connectivity index (χ3n) is 3.17. The second kappa shape index (κ2) is 4.99. The van der Waals surface area contributed by atoms with Crippen LogP contribution in [0.1, 0.15) is 13.8 Å². The lowest BCUT2D eigenvalue weighted by molar-refractivity contribution is -0.150. The number of anilines is 1. The summed E-state index contributed by atoms with van der Waals surface area (Å²) < 4.78 is 15.4. The minimum absolute atomic E-state index is 0.222. The summed E-state index contributed by atoms with van der Waals surface area (Å²) in [6.07, 6.45) is 0. The van der Waals surface area contributed by atoms with Crippen molar-refractivity contribution in [3.05, 3.63) is 18.2 Å². The molecule has 0 saturated heterocycles. The Morgan fingerprint density at radius 1 is 1.37 bits per heavy atom. The molecular weight excluding hydrogens is 246 g/mol. The van der Waals surface area contributed by atoms with E-state index >= 15 is 0 Å². The first-order valence-electron chi connectivity index (χ1n) is 6.13. The van der Waals surface area contributed by atoms with Gasteiger partial charge in [-0.25, -0.2) is 0 Å². The first kappa shape index (κ1) is 13.5. The Kier molecular flexibility index (Phi) is 3.55. The van der Waals surface area contributed by atoms with Crippen LogP contribution in [0.2, 0.25) is 0 Å². The minimum atomic E-state index is -0.570. The normalized spacial score (nSPS) is 13.3. The molecule has 5 nitrogen and oxygen atoms in total. The second-order valence-electron chi connectivity index (χ2n) is 5.27. The van der Waals surface area contributed by atoms with Crippen LogP contribution in [-0.4, -0.2) is 33.5 Å². The fraction of sp³-hybridized carbons (Fsp3) is 0.500. The minimum Gasteiger partial charge on any atom is -0.469 e. The third kappa shape index (κ3) is 2.75. The highest BCUT2D eigenvalue weighted by Crippen LogP contribution is 2.35. The molecule has 19 heavy (non-hydrogen) atoms. The maximum atomic E-state index is 11.7. The van der Waals surface area contributed by atoms with Gasteiger partial charge in [0.2, 0.25) is 6.79 Å². The molecule has 104 valence electrons. The highest BCUT2D eigenvalue weighted by molar-refractivity contribution is 5.76. The molecule has 0 atom stereocenters. The highest BCUT2D eigenvalue weighted by Gasteiger charge is 2.30. The van der Waals surface area contributed by atoms with E-state index in [-0.39, 0.29) is 12.8 Å². The van der Waals surface area contributed by atoms with Gasteiger partial charge < -0.3 is 19.1 Å². The van der Waals surface area contributed by atoms with Crippen LogP contribution in [0.15, 0.2) is 18.2 Å². The number of carbonyl (C=O) groups excluding carboxylic acids is 1. The van der Waals surface area contributed by atoms with E-state index in [1.807, 2.05) is 44.0 Å². The highest BCUT2D eigenvalue weighted by atomic mass is 16.7. The molecule has 1 aromatic rings. The van der Waals surface area contributed by atoms with Gasteiger partial charge in [0.05, 0.1) is 12.5 Å². The van der Waals surface area contributed by atoms with Crippen LogP contribution in [-0.2, 0) is 9.53 Å². The van der Waals surface area contributed by atoms with Crippen molar-refractivity contribution in [3.8, 4) is 11.5 Å². The lowest BCUT2D eigenvalue weighted by Crippen LogP contribution is -2.38. The first-order chi connectivity index (χ1) is 8.94. The summed E-state index contributed by atoms with van der Waals surface area (Å²) in [5.74, 6) is 1.27. The molecule has 2 rings (SSSR count). The molecule has 1 aliphatic rings. The summed E-state index contributed by atoms with van der Waals surface area (Å²) in [5, 5.41) is 0. The van der Waals surface area contributed by atoms with Gasteiger partial charge >= 0.3 is 5.97 Å². The fourth-order valence-corrected chi connectivity index (χ4v) is 2.15. The van der Waals surface area contributed by atoms with Crippen LogP contribution in [0.25, 0.3) is 0 Å². The topological polar surface area (TPSA) is 48.0 Å². The van der Waals surface area contributed by atoms with E-state index in [2.05, 4.69) is 0 Å². The van der Waals surface area contributed by atoms with E-state index in [0.29, 0.717) is 6.54 Å². The van der Waals surface area contributed by atoms with Crippen molar-refractivity contribution < 1.29 is 19.0 Å². The smallest absolute Gasteiger partial charge is 0.313 e. The Hall–Kier alpha value is -1.91. The Morgan fingerprint density at radius 2 is 2.05 bits per heavy atom. The molecule has 5 heteroatoms. The summed E-state index contributed by atoms with van der Waals surface area (Å²) >= 11 is 0. The number of hydrogen-bond donors (Lipinski definition) is 0. The van der Waals surface area contributed by atoms with Gasteiger partial charge in [-0.05, 0) is 26.0 Å². The van der Waals surface area contributed by atoms with Gasteiger partial charge in [-0.3, -0.25) is 4.79 Å². The van der Waals surface area contributed by atoms with Crippen LogP contribution >= 0.6 is 0 Å². The zero-order chi connectivity index (χ0) is 14.0. The summed E-state index contributed by atoms with van der Waals surface area (Å²) in [6.45, 7) is 4.54. The summed E-state index contributed by atoms with van der Waals surface area (Å²) in [7, 11) is 3.34. The second-order valence-corrected chi connectivity index (χ2v) is 5.27. The molecule has 1 aromatic carbocycles. The van der Waals surface area contributed by atoms with Gasteiger partial charge in [-0.1, -0.05) is 0 Å². The Morgan fingerprint density at radius 3 is 2.74 bits per heavy atom. The zero-order valence-electron chi connectivity index (χ0n) is 11.7. The lowest BCUT2D eigenvalue weighted by Gasteiger charge is -2.29. The molecule has 0 amide bonds. The maximum Gasteiger partial charge on any atom is 0.313 e. The van der Waals surface area contributed by atoms with Crippen molar-refractivity contribution in [1.82, 2.24) is 0 Å². The van der Waals surface area contributed by atoms with Crippen LogP contribution in [0, 0.1) is 5.41 Å². The van der Waals surface area contributed by atoms with Gasteiger partial charge in [0, 0.05) is 25.3 Å². The number of carbonyl (C=O) groups is 1. The number of fused-ring (bicyclic) bond motifs is 1. The number of hydrogen-bond acceptors (Lipinski definition) is 5.